The molecule has 1 amide bonds. The Morgan fingerprint density at radius 1 is 1.33 bits per heavy atom. The van der Waals surface area contributed by atoms with Crippen LogP contribution in [0.1, 0.15) is 12.8 Å². The summed E-state index contributed by atoms with van der Waals surface area (Å²) in [7, 11) is 3.32. The van der Waals surface area contributed by atoms with Gasteiger partial charge >= 0.3 is 0 Å². The van der Waals surface area contributed by atoms with Crippen LogP contribution in [-0.2, 0) is 9.53 Å². The largest absolute Gasteiger partial charge is 0.395 e. The average molecular weight is 257 g/mol. The fourth-order valence-corrected chi connectivity index (χ4v) is 1.48. The van der Waals surface area contributed by atoms with Crippen molar-refractivity contribution >= 4 is 5.91 Å². The topological polar surface area (TPSA) is 76.8 Å². The summed E-state index contributed by atoms with van der Waals surface area (Å²) in [5.74, 6) is 0.0191. The van der Waals surface area contributed by atoms with Gasteiger partial charge in [0.05, 0.1) is 25.7 Å². The van der Waals surface area contributed by atoms with Crippen molar-refractivity contribution in [2.24, 2.45) is 0 Å². The van der Waals surface area contributed by atoms with Gasteiger partial charge < -0.3 is 14.7 Å². The van der Waals surface area contributed by atoms with Crippen LogP contribution in [0.25, 0.3) is 0 Å². The van der Waals surface area contributed by atoms with E-state index in [1.165, 1.54) is 0 Å². The predicted molar refractivity (Wildman–Crippen MR) is 67.9 cm³/mol. The third-order valence-corrected chi connectivity index (χ3v) is 2.65. The molecule has 0 spiro atoms. The number of methoxy groups -OCH3 is 1. The fraction of sp³-hybridized carbons (Fsp3) is 0.833. The van der Waals surface area contributed by atoms with Gasteiger partial charge in [0.2, 0.25) is 5.91 Å². The van der Waals surface area contributed by atoms with Crippen molar-refractivity contribution in [2.45, 2.75) is 12.8 Å². The smallest absolute Gasteiger partial charge is 0.223 e. The second-order valence-corrected chi connectivity index (χ2v) is 4.03. The molecule has 1 N–H and O–H groups in total. The number of aliphatic hydroxyl groups excluding tert-OH is 1. The van der Waals surface area contributed by atoms with E-state index in [2.05, 4.69) is 0 Å². The van der Waals surface area contributed by atoms with Gasteiger partial charge in [-0.2, -0.15) is 5.26 Å². The molecule has 0 aliphatic heterocycles. The van der Waals surface area contributed by atoms with Crippen LogP contribution in [0.15, 0.2) is 0 Å². The maximum Gasteiger partial charge on any atom is 0.223 e. The Balaban J connectivity index is 3.93. The van der Waals surface area contributed by atoms with Gasteiger partial charge in [-0.05, 0) is 0 Å². The molecule has 0 unspecified atom stereocenters. The van der Waals surface area contributed by atoms with Gasteiger partial charge in [0, 0.05) is 46.8 Å². The van der Waals surface area contributed by atoms with Crippen LogP contribution in [0.3, 0.4) is 0 Å². The first kappa shape index (κ1) is 16.8. The third kappa shape index (κ3) is 8.01. The van der Waals surface area contributed by atoms with Gasteiger partial charge in [0.1, 0.15) is 0 Å². The van der Waals surface area contributed by atoms with Gasteiger partial charge in [-0.1, -0.05) is 0 Å². The lowest BCUT2D eigenvalue weighted by Crippen LogP contribution is -2.35. The molecule has 6 nitrogen and oxygen atoms in total. The summed E-state index contributed by atoms with van der Waals surface area (Å²) in [5.41, 5.74) is 0. The van der Waals surface area contributed by atoms with E-state index in [-0.39, 0.29) is 12.5 Å². The number of hydrogen-bond donors (Lipinski definition) is 1. The van der Waals surface area contributed by atoms with Crippen molar-refractivity contribution in [3.05, 3.63) is 0 Å². The summed E-state index contributed by atoms with van der Waals surface area (Å²) in [5, 5.41) is 17.4. The quantitative estimate of drug-likeness (QED) is 0.581. The molecular formula is C12H23N3O3. The molecule has 0 saturated carbocycles. The van der Waals surface area contributed by atoms with E-state index in [0.717, 1.165) is 0 Å². The summed E-state index contributed by atoms with van der Waals surface area (Å²) in [6.45, 7) is 2.96. The fourth-order valence-electron chi connectivity index (χ4n) is 1.48. The number of amides is 1. The van der Waals surface area contributed by atoms with Crippen molar-refractivity contribution in [3.8, 4) is 6.07 Å². The number of ether oxygens (including phenoxy) is 1. The first-order valence-electron chi connectivity index (χ1n) is 6.08. The Bertz CT molecular complexity index is 266. The van der Waals surface area contributed by atoms with Gasteiger partial charge in [0.25, 0.3) is 0 Å². The normalized spacial score (nSPS) is 10.4. The number of rotatable bonds is 10. The lowest BCUT2D eigenvalue weighted by molar-refractivity contribution is -0.130. The molecule has 104 valence electrons. The Hall–Kier alpha value is -1.16. The Morgan fingerprint density at radius 3 is 2.61 bits per heavy atom. The molecule has 0 bridgehead atoms. The van der Waals surface area contributed by atoms with E-state index in [0.29, 0.717) is 45.6 Å². The lowest BCUT2D eigenvalue weighted by atomic mass is 10.3. The predicted octanol–water partition coefficient (Wildman–Crippen LogP) is -0.311. The highest BCUT2D eigenvalue weighted by Crippen LogP contribution is 1.97. The van der Waals surface area contributed by atoms with Crippen LogP contribution in [0, 0.1) is 11.3 Å². The minimum Gasteiger partial charge on any atom is -0.395 e. The van der Waals surface area contributed by atoms with E-state index in [1.807, 2.05) is 11.0 Å². The van der Waals surface area contributed by atoms with Crippen molar-refractivity contribution < 1.29 is 14.6 Å². The lowest BCUT2D eigenvalue weighted by Gasteiger charge is -2.22. The minimum absolute atomic E-state index is 0.0191. The Labute approximate surface area is 109 Å². The first-order chi connectivity index (χ1) is 8.65. The van der Waals surface area contributed by atoms with E-state index in [9.17, 15) is 4.79 Å². The molecular weight excluding hydrogens is 234 g/mol. The molecule has 0 aromatic heterocycles. The van der Waals surface area contributed by atoms with Crippen molar-refractivity contribution in [3.63, 3.8) is 0 Å². The monoisotopic (exact) mass is 257 g/mol. The summed E-state index contributed by atoms with van der Waals surface area (Å²) in [6, 6.07) is 2.01. The zero-order valence-electron chi connectivity index (χ0n) is 11.3. The van der Waals surface area contributed by atoms with Gasteiger partial charge in [0.15, 0.2) is 0 Å². The number of carbonyl (C=O) groups is 1. The summed E-state index contributed by atoms with van der Waals surface area (Å²) in [6.07, 6.45) is 0.748. The third-order valence-electron chi connectivity index (χ3n) is 2.65. The standard InChI is InChI=1S/C12H23N3O3/c1-14(6-3-5-13)12(17)4-7-15(8-10-16)9-11-18-2/h16H,3-4,6-11H2,1-2H3. The van der Waals surface area contributed by atoms with Crippen LogP contribution in [0.5, 0.6) is 0 Å². The Morgan fingerprint density at radius 2 is 2.06 bits per heavy atom. The number of nitrogens with zero attached hydrogens (tertiary/aromatic N) is 3. The Kier molecular flexibility index (Phi) is 10.3. The SMILES string of the molecule is COCCN(CCO)CCC(=O)N(C)CCC#N. The van der Waals surface area contributed by atoms with E-state index in [1.54, 1.807) is 19.1 Å². The van der Waals surface area contributed by atoms with Crippen LogP contribution >= 0.6 is 0 Å². The molecule has 0 aliphatic carbocycles. The highest BCUT2D eigenvalue weighted by molar-refractivity contribution is 5.76. The van der Waals surface area contributed by atoms with Gasteiger partial charge in [-0.25, -0.2) is 0 Å². The molecule has 0 aromatic carbocycles. The molecule has 18 heavy (non-hydrogen) atoms. The zero-order chi connectivity index (χ0) is 13.8. The molecule has 0 saturated heterocycles. The van der Waals surface area contributed by atoms with Crippen molar-refractivity contribution in [1.82, 2.24) is 9.80 Å². The second kappa shape index (κ2) is 11.0. The van der Waals surface area contributed by atoms with Crippen LogP contribution in [0.2, 0.25) is 0 Å². The average Bonchev–Trinajstić information content (AvgIpc) is 2.38. The highest BCUT2D eigenvalue weighted by atomic mass is 16.5. The number of nitriles is 1. The van der Waals surface area contributed by atoms with E-state index < -0.39 is 0 Å². The first-order valence-corrected chi connectivity index (χ1v) is 6.08. The molecule has 0 rings (SSSR count). The molecule has 0 fully saturated rings. The zero-order valence-corrected chi connectivity index (χ0v) is 11.3. The highest BCUT2D eigenvalue weighted by Gasteiger charge is 2.11. The molecule has 0 aromatic rings. The number of carbonyl (C=O) groups excluding carboxylic acids is 1. The summed E-state index contributed by atoms with van der Waals surface area (Å²) >= 11 is 0. The van der Waals surface area contributed by atoms with E-state index >= 15 is 0 Å². The molecule has 0 atom stereocenters. The molecule has 0 radical (unpaired) electrons. The molecule has 0 aliphatic rings. The molecule has 0 heterocycles. The number of hydrogen-bond acceptors (Lipinski definition) is 5. The maximum absolute atomic E-state index is 11.7. The van der Waals surface area contributed by atoms with Crippen molar-refractivity contribution in [2.75, 3.05) is 53.6 Å². The second-order valence-electron chi connectivity index (χ2n) is 4.03. The van der Waals surface area contributed by atoms with Gasteiger partial charge in [-0.15, -0.1) is 0 Å². The summed E-state index contributed by atoms with van der Waals surface area (Å²) < 4.78 is 4.97. The number of aliphatic hydroxyl groups is 1. The minimum atomic E-state index is 0.0191. The van der Waals surface area contributed by atoms with Crippen LogP contribution in [-0.4, -0.2) is 74.4 Å². The molecule has 6 heteroatoms. The maximum atomic E-state index is 11.7. The summed E-state index contributed by atoms with van der Waals surface area (Å²) in [4.78, 5) is 15.3. The van der Waals surface area contributed by atoms with E-state index in [4.69, 9.17) is 15.1 Å². The van der Waals surface area contributed by atoms with Crippen molar-refractivity contribution in [1.29, 1.82) is 5.26 Å². The van der Waals surface area contributed by atoms with Crippen LogP contribution < -0.4 is 0 Å². The van der Waals surface area contributed by atoms with Gasteiger partial charge in [-0.3, -0.25) is 9.69 Å². The van der Waals surface area contributed by atoms with Crippen LogP contribution in [0.4, 0.5) is 0 Å².